The molecule has 30 heteroatoms. The van der Waals surface area contributed by atoms with E-state index < -0.39 is 185 Å². The predicted molar refractivity (Wildman–Crippen MR) is 357 cm³/mol. The summed E-state index contributed by atoms with van der Waals surface area (Å²) in [7, 11) is 1.34. The zero-order valence-electron chi connectivity index (χ0n) is 56.1. The molecule has 0 bridgehead atoms. The topological polar surface area (TPSA) is 424 Å². The number of methoxy groups -OCH3 is 1. The molecule has 0 saturated carbocycles. The van der Waals surface area contributed by atoms with Crippen LogP contribution in [0.1, 0.15) is 33.4 Å². The second-order valence-corrected chi connectivity index (χ2v) is 25.2. The summed E-state index contributed by atoms with van der Waals surface area (Å²) in [5.74, 6) is -3.36. The second-order valence-electron chi connectivity index (χ2n) is 25.2. The van der Waals surface area contributed by atoms with E-state index in [0.717, 1.165) is 16.7 Å². The molecule has 0 aliphatic carbocycles. The van der Waals surface area contributed by atoms with Gasteiger partial charge in [-0.05, 0) is 38.9 Å². The first kappa shape index (κ1) is 76.8. The number of azide groups is 1. The molecular formula is C73H87N5O25. The first-order valence-electron chi connectivity index (χ1n) is 33.7. The van der Waals surface area contributed by atoms with Crippen molar-refractivity contribution < 1.29 is 121 Å². The van der Waals surface area contributed by atoms with E-state index in [2.05, 4.69) is 10.0 Å². The van der Waals surface area contributed by atoms with Crippen LogP contribution >= 0.6 is 0 Å². The number of carbonyl (C=O) groups is 2. The molecule has 6 aromatic rings. The largest absolute Gasteiger partial charge is 0.479 e. The van der Waals surface area contributed by atoms with Gasteiger partial charge in [0.05, 0.1) is 71.5 Å². The Hall–Kier alpha value is -7.35. The summed E-state index contributed by atoms with van der Waals surface area (Å²) in [6.45, 7) is -3.07. The fourth-order valence-electron chi connectivity index (χ4n) is 13.1. The maximum absolute atomic E-state index is 14.1. The van der Waals surface area contributed by atoms with Gasteiger partial charge in [0.1, 0.15) is 97.6 Å². The van der Waals surface area contributed by atoms with E-state index in [1.807, 2.05) is 66.7 Å². The summed E-state index contributed by atoms with van der Waals surface area (Å²) < 4.78 is 103. The molecule has 0 aromatic heterocycles. The van der Waals surface area contributed by atoms with Crippen LogP contribution in [0, 0.1) is 0 Å². The molecule has 6 aromatic carbocycles. The van der Waals surface area contributed by atoms with Crippen LogP contribution in [0.4, 0.5) is 0 Å². The number of carboxylic acids is 2. The van der Waals surface area contributed by atoms with Gasteiger partial charge in [0.25, 0.3) is 0 Å². The van der Waals surface area contributed by atoms with Gasteiger partial charge in [0, 0.05) is 12.0 Å². The summed E-state index contributed by atoms with van der Waals surface area (Å²) >= 11 is 0. The third-order valence-electron chi connectivity index (χ3n) is 18.4. The second kappa shape index (κ2) is 37.6. The Balaban J connectivity index is 0.926. The molecule has 25 atom stereocenters. The molecule has 103 heavy (non-hydrogen) atoms. The standard InChI is InChI=1S/C73H87N5O25/c1-88-69-50(74)58(91-37-43-24-12-4-13-25-43)56(49(34-81)96-69)98-72-54(83)60(92-38-44-26-14-5-15-27-44)62(64(102-72)67(84)85)101-71-52(77-78-76)59(53(82)47(32-79)95-71)99-73-66(94-40-46-30-18-7-19-31-46)61(93-39-45-28-16-6-17-29-45)63(65(103-73)68(86)87)100-70-51(75)57(90-36-42-22-10-3-11-23-42)55(48(33-80)97-70)89-35-41-20-8-2-9-21-41/h2-31,47-66,69-73,79-83H,32-40,74-75H2,1H3,(H,84,85)(H,86,87)/t47-,48-,49-,50-,51-,52-,53-,54-,55-,56-,57-,58-,59-,60-,61+,62+,63+,64-,65+,66-,69+,70-,71-,72-,73-/m1/s1. The van der Waals surface area contributed by atoms with Gasteiger partial charge in [-0.2, -0.15) is 0 Å². The minimum absolute atomic E-state index is 0.0192. The van der Waals surface area contributed by atoms with Gasteiger partial charge < -0.3 is 123 Å². The molecule has 554 valence electrons. The van der Waals surface area contributed by atoms with Gasteiger partial charge in [-0.3, -0.25) is 0 Å². The van der Waals surface area contributed by atoms with Crippen LogP contribution in [0.3, 0.4) is 0 Å². The smallest absolute Gasteiger partial charge is 0.335 e. The minimum atomic E-state index is -2.19. The molecular weight excluding hydrogens is 1350 g/mol. The SMILES string of the molecule is CO[C@H]1O[C@H](CO)[C@@H](O[C@@H]2O[C@@H](C(=O)O)[C@@H](O[C@H]3O[C@H](CO)[C@@H](O)[C@H](O[C@@H]4O[C@H](C(=O)O)[C@@H](O[C@H]5O[C@H](CO)[C@@H](OCc6ccccc6)[C@H](OCc6ccccc6)[C@H]5N)[C@H](OCc5ccccc5)[C@H]4OCc4ccccc4)[C@H]3N=[N+]=[N-])[C@H](OCc3ccccc3)[C@H]2O)[C@H](OCc2ccccc2)[C@H]1N. The van der Waals surface area contributed by atoms with E-state index in [1.54, 1.807) is 115 Å². The number of hydrogen-bond donors (Lipinski definition) is 9. The van der Waals surface area contributed by atoms with E-state index >= 15 is 0 Å². The number of carboxylic acid groups (broad SMARTS) is 2. The highest BCUT2D eigenvalue weighted by atomic mass is 16.8. The van der Waals surface area contributed by atoms with Crippen molar-refractivity contribution in [3.05, 3.63) is 226 Å². The molecule has 0 spiro atoms. The monoisotopic (exact) mass is 1430 g/mol. The van der Waals surface area contributed by atoms with E-state index in [0.29, 0.717) is 16.7 Å². The Kier molecular flexibility index (Phi) is 28.0. The maximum Gasteiger partial charge on any atom is 0.335 e. The normalized spacial score (nSPS) is 33.9. The number of benzene rings is 6. The highest BCUT2D eigenvalue weighted by Gasteiger charge is 2.60. The number of hydrogen-bond acceptors (Lipinski definition) is 26. The lowest BCUT2D eigenvalue weighted by Crippen LogP contribution is -2.69. The first-order valence-corrected chi connectivity index (χ1v) is 33.7. The van der Waals surface area contributed by atoms with E-state index in [1.165, 1.54) is 7.11 Å². The fraction of sp³-hybridized carbons (Fsp3) is 0.479. The van der Waals surface area contributed by atoms with Gasteiger partial charge in [-0.25, -0.2) is 9.59 Å². The third kappa shape index (κ3) is 19.2. The number of nitrogens with two attached hydrogens (primary N) is 2. The Morgan fingerprint density at radius 1 is 0.388 bits per heavy atom. The van der Waals surface area contributed by atoms with Gasteiger partial charge in [0.2, 0.25) is 0 Å². The number of rotatable bonds is 33. The average molecular weight is 1430 g/mol. The van der Waals surface area contributed by atoms with Crippen LogP contribution in [-0.2, 0) is 125 Å². The lowest BCUT2D eigenvalue weighted by Gasteiger charge is -2.51. The van der Waals surface area contributed by atoms with Crippen LogP contribution in [-0.4, -0.2) is 228 Å². The van der Waals surface area contributed by atoms with Crippen LogP contribution < -0.4 is 11.5 Å². The number of aliphatic hydroxyl groups excluding tert-OH is 5. The van der Waals surface area contributed by atoms with Crippen molar-refractivity contribution in [1.29, 1.82) is 0 Å². The summed E-state index contributed by atoms with van der Waals surface area (Å²) in [4.78, 5) is 31.0. The number of aliphatic hydroxyl groups is 5. The predicted octanol–water partition coefficient (Wildman–Crippen LogP) is 3.51. The lowest BCUT2D eigenvalue weighted by atomic mass is 9.93. The highest BCUT2D eigenvalue weighted by Crippen LogP contribution is 2.40. The van der Waals surface area contributed by atoms with E-state index in [9.17, 15) is 50.9 Å². The van der Waals surface area contributed by atoms with E-state index in [4.69, 9.17) is 87.3 Å². The summed E-state index contributed by atoms with van der Waals surface area (Å²) in [6.07, 6.45) is -36.7. The molecule has 5 heterocycles. The van der Waals surface area contributed by atoms with Crippen molar-refractivity contribution >= 4 is 11.9 Å². The van der Waals surface area contributed by atoms with Gasteiger partial charge in [0.15, 0.2) is 43.7 Å². The number of nitrogens with zero attached hydrogens (tertiary/aromatic N) is 3. The molecule has 30 nitrogen and oxygen atoms in total. The average Bonchev–Trinajstić information content (AvgIpc) is 0.764. The van der Waals surface area contributed by atoms with Crippen molar-refractivity contribution in [3.63, 3.8) is 0 Å². The summed E-state index contributed by atoms with van der Waals surface area (Å²) in [6, 6.07) is 49.3. The van der Waals surface area contributed by atoms with Gasteiger partial charge in [-0.1, -0.05) is 187 Å². The highest BCUT2D eigenvalue weighted by molar-refractivity contribution is 5.74. The molecule has 5 saturated heterocycles. The van der Waals surface area contributed by atoms with Crippen molar-refractivity contribution in [2.45, 2.75) is 193 Å². The van der Waals surface area contributed by atoms with Crippen molar-refractivity contribution in [2.75, 3.05) is 26.9 Å². The zero-order valence-corrected chi connectivity index (χ0v) is 56.1. The molecule has 11 N–H and O–H groups in total. The molecule has 0 unspecified atom stereocenters. The summed E-state index contributed by atoms with van der Waals surface area (Å²) in [5, 5.41) is 84.5. The Morgan fingerprint density at radius 3 is 1.15 bits per heavy atom. The molecule has 11 rings (SSSR count). The fourth-order valence-corrected chi connectivity index (χ4v) is 13.1. The molecule has 5 fully saturated rings. The Bertz CT molecular complexity index is 3570. The van der Waals surface area contributed by atoms with Crippen molar-refractivity contribution in [3.8, 4) is 0 Å². The van der Waals surface area contributed by atoms with Gasteiger partial charge >= 0.3 is 11.9 Å². The van der Waals surface area contributed by atoms with E-state index in [-0.39, 0.29) is 39.6 Å². The minimum Gasteiger partial charge on any atom is -0.479 e. The molecule has 5 aliphatic heterocycles. The van der Waals surface area contributed by atoms with Gasteiger partial charge in [-0.15, -0.1) is 0 Å². The van der Waals surface area contributed by atoms with Crippen LogP contribution in [0.5, 0.6) is 0 Å². The molecule has 5 aliphatic rings. The molecule has 0 amide bonds. The third-order valence-corrected chi connectivity index (χ3v) is 18.4. The van der Waals surface area contributed by atoms with Crippen molar-refractivity contribution in [2.24, 2.45) is 16.6 Å². The maximum atomic E-state index is 14.1. The summed E-state index contributed by atoms with van der Waals surface area (Å²) in [5.41, 5.74) is 28.3. The van der Waals surface area contributed by atoms with Crippen LogP contribution in [0.15, 0.2) is 187 Å². The molecule has 0 radical (unpaired) electrons. The first-order chi connectivity index (χ1) is 50.2. The Labute approximate surface area is 593 Å². The number of aliphatic carboxylic acids is 2. The Morgan fingerprint density at radius 2 is 0.718 bits per heavy atom. The quantitative estimate of drug-likeness (QED) is 0.0162. The van der Waals surface area contributed by atoms with Crippen molar-refractivity contribution in [1.82, 2.24) is 0 Å². The van der Waals surface area contributed by atoms with Crippen LogP contribution in [0.25, 0.3) is 10.4 Å². The lowest BCUT2D eigenvalue weighted by molar-refractivity contribution is -0.381. The van der Waals surface area contributed by atoms with Crippen LogP contribution in [0.2, 0.25) is 0 Å². The zero-order chi connectivity index (χ0) is 72.4. The number of ether oxygens (including phenoxy) is 16.